The van der Waals surface area contributed by atoms with E-state index in [0.29, 0.717) is 5.16 Å². The van der Waals surface area contributed by atoms with Crippen LogP contribution < -0.4 is 0 Å². The van der Waals surface area contributed by atoms with Crippen LogP contribution in [0, 0.1) is 0 Å². The van der Waals surface area contributed by atoms with Crippen molar-refractivity contribution >= 4 is 18.3 Å². The van der Waals surface area contributed by atoms with Crippen molar-refractivity contribution in [1.29, 1.82) is 0 Å². The van der Waals surface area contributed by atoms with Crippen LogP contribution in [0.25, 0.3) is 0 Å². The molecule has 5 nitrogen and oxygen atoms in total. The molecule has 1 unspecified atom stereocenters. The van der Waals surface area contributed by atoms with Crippen LogP contribution in [0.5, 0.6) is 0 Å². The molecular weight excluding hydrogens is 244 g/mol. The first-order valence-corrected chi connectivity index (χ1v) is 8.93. The summed E-state index contributed by atoms with van der Waals surface area (Å²) >= 11 is 0. The second kappa shape index (κ2) is 8.34. The van der Waals surface area contributed by atoms with Crippen molar-refractivity contribution in [2.45, 2.75) is 24.4 Å². The second-order valence-corrected chi connectivity index (χ2v) is 10.2. The minimum atomic E-state index is -2.46. The van der Waals surface area contributed by atoms with Gasteiger partial charge in [0, 0.05) is 50.2 Å². The van der Waals surface area contributed by atoms with E-state index in [1.807, 2.05) is 0 Å². The highest BCUT2D eigenvalue weighted by molar-refractivity contribution is 6.73. The van der Waals surface area contributed by atoms with E-state index in [2.05, 4.69) is 6.92 Å². The lowest BCUT2D eigenvalue weighted by molar-refractivity contribution is -0.0877. The Kier molecular flexibility index (Phi) is 8.46. The Morgan fingerprint density at radius 2 is 1.38 bits per heavy atom. The lowest BCUT2D eigenvalue weighted by atomic mass is 10.7. The number of methoxy groups -OCH3 is 2. The molecule has 0 spiro atoms. The summed E-state index contributed by atoms with van der Waals surface area (Å²) in [6.07, 6.45) is -0.119. The minimum Gasteiger partial charge on any atom is -0.377 e. The first-order chi connectivity index (χ1) is 7.60. The Balaban J connectivity index is 4.25. The second-order valence-electron chi connectivity index (χ2n) is 3.60. The molecular formula is C9H24O5Si2. The van der Waals surface area contributed by atoms with Gasteiger partial charge in [-0.3, -0.25) is 0 Å². The molecule has 0 amide bonds. The zero-order chi connectivity index (χ0) is 12.6. The SMILES string of the molecule is COC(C[SiH2]C(C)[Si](OC)(OC)OC)OC. The van der Waals surface area contributed by atoms with Crippen molar-refractivity contribution in [1.82, 2.24) is 0 Å². The lowest BCUT2D eigenvalue weighted by Gasteiger charge is -2.30. The van der Waals surface area contributed by atoms with Gasteiger partial charge in [-0.05, 0) is 6.04 Å². The Morgan fingerprint density at radius 3 is 1.69 bits per heavy atom. The molecule has 7 heteroatoms. The Hall–Kier alpha value is 0.234. The summed E-state index contributed by atoms with van der Waals surface area (Å²) in [6.45, 7) is 2.12. The topological polar surface area (TPSA) is 46.2 Å². The smallest absolute Gasteiger partial charge is 0.377 e. The van der Waals surface area contributed by atoms with Gasteiger partial charge in [-0.25, -0.2) is 0 Å². The van der Waals surface area contributed by atoms with Crippen molar-refractivity contribution in [3.63, 3.8) is 0 Å². The fraction of sp³-hybridized carbons (Fsp3) is 1.00. The number of ether oxygens (including phenoxy) is 2. The molecule has 0 aliphatic heterocycles. The predicted octanol–water partition coefficient (Wildman–Crippen LogP) is 0.418. The van der Waals surface area contributed by atoms with Crippen molar-refractivity contribution in [2.75, 3.05) is 35.5 Å². The molecule has 0 aliphatic carbocycles. The maximum Gasteiger partial charge on any atom is 0.499 e. The Bertz CT molecular complexity index is 165. The molecule has 0 rings (SSSR count). The van der Waals surface area contributed by atoms with Gasteiger partial charge < -0.3 is 22.8 Å². The van der Waals surface area contributed by atoms with Gasteiger partial charge in [-0.15, -0.1) is 0 Å². The van der Waals surface area contributed by atoms with E-state index in [1.54, 1.807) is 35.5 Å². The van der Waals surface area contributed by atoms with Gasteiger partial charge >= 0.3 is 8.80 Å². The van der Waals surface area contributed by atoms with E-state index in [-0.39, 0.29) is 6.29 Å². The number of hydrogen-bond donors (Lipinski definition) is 0. The van der Waals surface area contributed by atoms with Crippen molar-refractivity contribution in [2.24, 2.45) is 0 Å². The molecule has 0 aromatic carbocycles. The third-order valence-electron chi connectivity index (χ3n) is 2.82. The van der Waals surface area contributed by atoms with Gasteiger partial charge in [0.2, 0.25) is 0 Å². The highest BCUT2D eigenvalue weighted by Gasteiger charge is 2.44. The standard InChI is InChI=1S/C9H24O5Si2/c1-8(15-7-9(10-2)11-3)16(12-4,13-5)14-6/h8-9H,7,15H2,1-6H3. The fourth-order valence-corrected chi connectivity index (χ4v) is 8.11. The average Bonchev–Trinajstić information content (AvgIpc) is 2.33. The van der Waals surface area contributed by atoms with Crippen LogP contribution in [0.3, 0.4) is 0 Å². The van der Waals surface area contributed by atoms with E-state index in [9.17, 15) is 0 Å². The highest BCUT2D eigenvalue weighted by atomic mass is 28.4. The van der Waals surface area contributed by atoms with Gasteiger partial charge in [0.15, 0.2) is 6.29 Å². The maximum atomic E-state index is 5.45. The van der Waals surface area contributed by atoms with E-state index < -0.39 is 18.3 Å². The lowest BCUT2D eigenvalue weighted by Crippen LogP contribution is -2.49. The van der Waals surface area contributed by atoms with E-state index in [0.717, 1.165) is 6.04 Å². The minimum absolute atomic E-state index is 0.119. The van der Waals surface area contributed by atoms with Gasteiger partial charge in [0.1, 0.15) is 0 Å². The molecule has 0 fully saturated rings. The number of rotatable bonds is 9. The molecule has 0 bridgehead atoms. The zero-order valence-corrected chi connectivity index (χ0v) is 13.5. The molecule has 0 saturated heterocycles. The summed E-state index contributed by atoms with van der Waals surface area (Å²) in [4.78, 5) is 0. The summed E-state index contributed by atoms with van der Waals surface area (Å²) in [5.41, 5.74) is 0. The molecule has 0 radical (unpaired) electrons. The van der Waals surface area contributed by atoms with Crippen LogP contribution in [0.2, 0.25) is 11.2 Å². The summed E-state index contributed by atoms with van der Waals surface area (Å²) in [6, 6.07) is 0.930. The van der Waals surface area contributed by atoms with Crippen molar-refractivity contribution in [3.05, 3.63) is 0 Å². The first-order valence-electron chi connectivity index (χ1n) is 5.31. The Labute approximate surface area is 102 Å². The third-order valence-corrected chi connectivity index (χ3v) is 9.77. The molecule has 0 N–H and O–H groups in total. The maximum absolute atomic E-state index is 5.45. The van der Waals surface area contributed by atoms with E-state index in [4.69, 9.17) is 22.8 Å². The van der Waals surface area contributed by atoms with Gasteiger partial charge in [0.25, 0.3) is 0 Å². The molecule has 0 heterocycles. The highest BCUT2D eigenvalue weighted by Crippen LogP contribution is 2.23. The van der Waals surface area contributed by atoms with Crippen molar-refractivity contribution in [3.8, 4) is 0 Å². The summed E-state index contributed by atoms with van der Waals surface area (Å²) < 4.78 is 26.7. The molecule has 0 aliphatic rings. The monoisotopic (exact) mass is 268 g/mol. The van der Waals surface area contributed by atoms with Crippen LogP contribution in [0.4, 0.5) is 0 Å². The molecule has 0 saturated carbocycles. The molecule has 0 aromatic heterocycles. The van der Waals surface area contributed by atoms with E-state index >= 15 is 0 Å². The molecule has 98 valence electrons. The largest absolute Gasteiger partial charge is 0.499 e. The molecule has 1 atom stereocenters. The van der Waals surface area contributed by atoms with Crippen LogP contribution in [-0.4, -0.2) is 60.2 Å². The van der Waals surface area contributed by atoms with Crippen LogP contribution in [0.15, 0.2) is 0 Å². The van der Waals surface area contributed by atoms with Gasteiger partial charge in [-0.2, -0.15) is 0 Å². The first kappa shape index (κ1) is 16.2. The Morgan fingerprint density at radius 1 is 0.938 bits per heavy atom. The number of hydrogen-bond acceptors (Lipinski definition) is 5. The summed E-state index contributed by atoms with van der Waals surface area (Å²) in [5.74, 6) is 0. The third kappa shape index (κ3) is 4.24. The van der Waals surface area contributed by atoms with Crippen LogP contribution in [-0.2, 0) is 22.8 Å². The zero-order valence-electron chi connectivity index (χ0n) is 11.1. The van der Waals surface area contributed by atoms with Crippen LogP contribution in [0.1, 0.15) is 6.92 Å². The fourth-order valence-electron chi connectivity index (χ4n) is 1.75. The van der Waals surface area contributed by atoms with Gasteiger partial charge in [0.05, 0.1) is 0 Å². The molecule has 0 aromatic rings. The quantitative estimate of drug-likeness (QED) is 0.448. The normalized spacial score (nSPS) is 15.2. The molecule has 16 heavy (non-hydrogen) atoms. The van der Waals surface area contributed by atoms with Gasteiger partial charge in [-0.1, -0.05) is 6.92 Å². The van der Waals surface area contributed by atoms with Crippen molar-refractivity contribution < 1.29 is 22.8 Å². The summed E-state index contributed by atoms with van der Waals surface area (Å²) in [7, 11) is 5.35. The van der Waals surface area contributed by atoms with Crippen LogP contribution >= 0.6 is 0 Å². The average molecular weight is 268 g/mol. The summed E-state index contributed by atoms with van der Waals surface area (Å²) in [5, 5.41) is 0.347. The van der Waals surface area contributed by atoms with E-state index in [1.165, 1.54) is 0 Å². The predicted molar refractivity (Wildman–Crippen MR) is 67.4 cm³/mol.